The number of hydrogen-bond acceptors (Lipinski definition) is 3. The summed E-state index contributed by atoms with van der Waals surface area (Å²) in [5, 5.41) is 11.5. The number of nitrogens with one attached hydrogen (secondary N) is 1. The van der Waals surface area contributed by atoms with Crippen molar-refractivity contribution in [3.63, 3.8) is 0 Å². The monoisotopic (exact) mass is 341 g/mol. The van der Waals surface area contributed by atoms with Crippen molar-refractivity contribution in [2.75, 3.05) is 13.2 Å². The van der Waals surface area contributed by atoms with Gasteiger partial charge in [-0.1, -0.05) is 43.3 Å². The van der Waals surface area contributed by atoms with Crippen molar-refractivity contribution in [2.45, 2.75) is 26.2 Å². The summed E-state index contributed by atoms with van der Waals surface area (Å²) in [6.07, 6.45) is 2.08. The fourth-order valence-electron chi connectivity index (χ4n) is 2.38. The Morgan fingerprint density at radius 3 is 2.16 bits per heavy atom. The first kappa shape index (κ1) is 18.5. The summed E-state index contributed by atoms with van der Waals surface area (Å²) in [4.78, 5) is 22.4. The van der Waals surface area contributed by atoms with Crippen LogP contribution in [0.1, 0.15) is 23.6 Å². The van der Waals surface area contributed by atoms with E-state index in [9.17, 15) is 9.59 Å². The van der Waals surface area contributed by atoms with E-state index in [1.807, 2.05) is 24.3 Å². The van der Waals surface area contributed by atoms with E-state index >= 15 is 0 Å². The van der Waals surface area contributed by atoms with Crippen LogP contribution in [-0.4, -0.2) is 30.1 Å². The van der Waals surface area contributed by atoms with Crippen LogP contribution < -0.4 is 10.1 Å². The predicted octanol–water partition coefficient (Wildman–Crippen LogP) is 2.61. The first-order valence-electron chi connectivity index (χ1n) is 8.35. The predicted molar refractivity (Wildman–Crippen MR) is 95.8 cm³/mol. The normalized spacial score (nSPS) is 10.3. The second-order valence-electron chi connectivity index (χ2n) is 5.77. The van der Waals surface area contributed by atoms with E-state index < -0.39 is 5.97 Å². The molecule has 0 heterocycles. The maximum atomic E-state index is 12.0. The minimum atomic E-state index is -1.00. The maximum absolute atomic E-state index is 12.0. The molecule has 0 bridgehead atoms. The van der Waals surface area contributed by atoms with Crippen LogP contribution in [-0.2, 0) is 28.9 Å². The molecule has 0 saturated carbocycles. The molecule has 132 valence electrons. The smallest absolute Gasteiger partial charge is 0.341 e. The van der Waals surface area contributed by atoms with Crippen LogP contribution in [0, 0.1) is 0 Å². The van der Waals surface area contributed by atoms with Gasteiger partial charge in [0.25, 0.3) is 0 Å². The number of aliphatic carboxylic acids is 1. The Morgan fingerprint density at radius 1 is 0.960 bits per heavy atom. The molecule has 0 fully saturated rings. The highest BCUT2D eigenvalue weighted by Gasteiger charge is 2.04. The Balaban J connectivity index is 1.72. The zero-order valence-electron chi connectivity index (χ0n) is 14.3. The molecule has 5 nitrogen and oxygen atoms in total. The van der Waals surface area contributed by atoms with Gasteiger partial charge in [-0.3, -0.25) is 4.79 Å². The van der Waals surface area contributed by atoms with Crippen LogP contribution in [0.3, 0.4) is 0 Å². The van der Waals surface area contributed by atoms with Gasteiger partial charge in [0.2, 0.25) is 5.91 Å². The van der Waals surface area contributed by atoms with Gasteiger partial charge in [0.1, 0.15) is 5.75 Å². The fraction of sp³-hybridized carbons (Fsp3) is 0.300. The molecule has 5 heteroatoms. The number of carboxylic acids is 1. The standard InChI is InChI=1S/C20H23NO4/c1-2-15-3-5-17(6-4-15)13-19(22)21-12-11-16-7-9-18(10-8-16)25-14-20(23)24/h3-10H,2,11-14H2,1H3,(H,21,22)(H,23,24). The van der Waals surface area contributed by atoms with Gasteiger partial charge in [0.05, 0.1) is 6.42 Å². The summed E-state index contributed by atoms with van der Waals surface area (Å²) in [5.41, 5.74) is 3.32. The number of hydrogen-bond donors (Lipinski definition) is 2. The van der Waals surface area contributed by atoms with Gasteiger partial charge in [0, 0.05) is 6.54 Å². The van der Waals surface area contributed by atoms with Gasteiger partial charge in [-0.25, -0.2) is 4.79 Å². The number of carboxylic acid groups (broad SMARTS) is 1. The SMILES string of the molecule is CCc1ccc(CC(=O)NCCc2ccc(OCC(=O)O)cc2)cc1. The molecular formula is C20H23NO4. The van der Waals surface area contributed by atoms with Gasteiger partial charge < -0.3 is 15.2 Å². The summed E-state index contributed by atoms with van der Waals surface area (Å²) >= 11 is 0. The average molecular weight is 341 g/mol. The van der Waals surface area contributed by atoms with E-state index in [4.69, 9.17) is 9.84 Å². The van der Waals surface area contributed by atoms with Crippen LogP contribution >= 0.6 is 0 Å². The Labute approximate surface area is 147 Å². The zero-order chi connectivity index (χ0) is 18.1. The van der Waals surface area contributed by atoms with E-state index in [1.54, 1.807) is 12.1 Å². The summed E-state index contributed by atoms with van der Waals surface area (Å²) < 4.78 is 5.08. The molecule has 2 rings (SSSR count). The first-order chi connectivity index (χ1) is 12.1. The molecule has 2 N–H and O–H groups in total. The fourth-order valence-corrected chi connectivity index (χ4v) is 2.38. The van der Waals surface area contributed by atoms with Gasteiger partial charge >= 0.3 is 5.97 Å². The largest absolute Gasteiger partial charge is 0.482 e. The number of ether oxygens (including phenoxy) is 1. The Kier molecular flexibility index (Phi) is 7.01. The topological polar surface area (TPSA) is 75.6 Å². The molecule has 2 aromatic carbocycles. The van der Waals surface area contributed by atoms with Crippen LogP contribution in [0.2, 0.25) is 0 Å². The summed E-state index contributed by atoms with van der Waals surface area (Å²) in [5.74, 6) is -0.479. The molecule has 0 unspecified atom stereocenters. The van der Waals surface area contributed by atoms with Crippen molar-refractivity contribution < 1.29 is 19.4 Å². The van der Waals surface area contributed by atoms with Gasteiger partial charge in [-0.15, -0.1) is 0 Å². The number of rotatable bonds is 9. The van der Waals surface area contributed by atoms with Gasteiger partial charge in [-0.2, -0.15) is 0 Å². The molecule has 0 aliphatic rings. The average Bonchev–Trinajstić information content (AvgIpc) is 2.61. The molecule has 25 heavy (non-hydrogen) atoms. The molecule has 0 atom stereocenters. The molecule has 0 aliphatic carbocycles. The van der Waals surface area contributed by atoms with Crippen molar-refractivity contribution >= 4 is 11.9 Å². The number of benzene rings is 2. The molecule has 2 aromatic rings. The van der Waals surface area contributed by atoms with E-state index in [-0.39, 0.29) is 12.5 Å². The van der Waals surface area contributed by atoms with Gasteiger partial charge in [0.15, 0.2) is 6.61 Å². The number of carbonyl (C=O) groups excluding carboxylic acids is 1. The Bertz CT molecular complexity index is 693. The molecule has 0 aromatic heterocycles. The minimum Gasteiger partial charge on any atom is -0.482 e. The molecule has 0 saturated heterocycles. The second-order valence-corrected chi connectivity index (χ2v) is 5.77. The lowest BCUT2D eigenvalue weighted by Gasteiger charge is -2.07. The molecule has 1 amide bonds. The Hall–Kier alpha value is -2.82. The minimum absolute atomic E-state index is 0.00524. The van der Waals surface area contributed by atoms with Crippen molar-refractivity contribution in [3.05, 3.63) is 65.2 Å². The highest BCUT2D eigenvalue weighted by atomic mass is 16.5. The highest BCUT2D eigenvalue weighted by Crippen LogP contribution is 2.12. The number of carbonyl (C=O) groups is 2. The van der Waals surface area contributed by atoms with Crippen molar-refractivity contribution in [2.24, 2.45) is 0 Å². The third-order valence-electron chi connectivity index (χ3n) is 3.82. The lowest BCUT2D eigenvalue weighted by atomic mass is 10.1. The number of amides is 1. The van der Waals surface area contributed by atoms with E-state index in [0.717, 1.165) is 17.5 Å². The van der Waals surface area contributed by atoms with Crippen LogP contribution in [0.25, 0.3) is 0 Å². The zero-order valence-corrected chi connectivity index (χ0v) is 14.3. The van der Waals surface area contributed by atoms with Crippen molar-refractivity contribution in [3.8, 4) is 5.75 Å². The van der Waals surface area contributed by atoms with Crippen LogP contribution in [0.5, 0.6) is 5.75 Å². The molecule has 0 radical (unpaired) electrons. The third-order valence-corrected chi connectivity index (χ3v) is 3.82. The maximum Gasteiger partial charge on any atom is 0.341 e. The highest BCUT2D eigenvalue weighted by molar-refractivity contribution is 5.78. The molecule has 0 spiro atoms. The summed E-state index contributed by atoms with van der Waals surface area (Å²) in [6, 6.07) is 15.3. The van der Waals surface area contributed by atoms with E-state index in [2.05, 4.69) is 24.4 Å². The van der Waals surface area contributed by atoms with Crippen molar-refractivity contribution in [1.29, 1.82) is 0 Å². The van der Waals surface area contributed by atoms with Gasteiger partial charge in [-0.05, 0) is 41.7 Å². The van der Waals surface area contributed by atoms with Crippen LogP contribution in [0.4, 0.5) is 0 Å². The Morgan fingerprint density at radius 2 is 1.56 bits per heavy atom. The molecule has 0 aliphatic heterocycles. The third kappa shape index (κ3) is 6.67. The van der Waals surface area contributed by atoms with E-state index in [1.165, 1.54) is 5.56 Å². The summed E-state index contributed by atoms with van der Waals surface area (Å²) in [7, 11) is 0. The summed E-state index contributed by atoms with van der Waals surface area (Å²) in [6.45, 7) is 2.31. The first-order valence-corrected chi connectivity index (χ1v) is 8.35. The number of aryl methyl sites for hydroxylation is 1. The quantitative estimate of drug-likeness (QED) is 0.735. The van der Waals surface area contributed by atoms with E-state index in [0.29, 0.717) is 25.1 Å². The van der Waals surface area contributed by atoms with Crippen molar-refractivity contribution in [1.82, 2.24) is 5.32 Å². The second kappa shape index (κ2) is 9.47. The van der Waals surface area contributed by atoms with Crippen LogP contribution in [0.15, 0.2) is 48.5 Å². The molecular weight excluding hydrogens is 318 g/mol. The lowest BCUT2D eigenvalue weighted by molar-refractivity contribution is -0.139. The lowest BCUT2D eigenvalue weighted by Crippen LogP contribution is -2.27.